The number of carbonyl (C=O) groups excluding carboxylic acids is 4. The molecule has 1 aromatic heterocycles. The Morgan fingerprint density at radius 1 is 0.982 bits per heavy atom. The first-order valence-corrected chi connectivity index (χ1v) is 22.6. The number of hydrogen-bond acceptors (Lipinski definition) is 8. The van der Waals surface area contributed by atoms with Crippen LogP contribution in [0.15, 0.2) is 54.7 Å². The minimum atomic E-state index is -1.50. The number of carbonyl (C=O) groups is 4. The quantitative estimate of drug-likeness (QED) is 0.106. The molecule has 12 nitrogen and oxygen atoms in total. The molecule has 0 spiro atoms. The van der Waals surface area contributed by atoms with E-state index in [0.29, 0.717) is 5.82 Å². The van der Waals surface area contributed by atoms with E-state index in [-0.39, 0.29) is 44.0 Å². The lowest BCUT2D eigenvalue weighted by atomic mass is 9.84. The molecular weight excluding hydrogens is 741 g/mol. The SMILES string of the molecule is CC(=O)OCC(=O)N(CC1CN(C(=O)OC(C)(C)C)CC1NC(=O)OCC[Si](C)(C)C)C(c1nc(-c2cc(F)ccc2F)cn1Cc1ccccc1)C(C)(C)C. The van der Waals surface area contributed by atoms with E-state index >= 15 is 4.39 Å². The van der Waals surface area contributed by atoms with Gasteiger partial charge in [0.1, 0.15) is 23.1 Å². The molecule has 2 aromatic carbocycles. The summed E-state index contributed by atoms with van der Waals surface area (Å²) in [7, 11) is -1.50. The number of nitrogens with one attached hydrogen (secondary N) is 1. The summed E-state index contributed by atoms with van der Waals surface area (Å²) < 4.78 is 48.1. The summed E-state index contributed by atoms with van der Waals surface area (Å²) in [5.41, 5.74) is -0.544. The topological polar surface area (TPSA) is 132 Å². The van der Waals surface area contributed by atoms with E-state index in [2.05, 4.69) is 25.0 Å². The van der Waals surface area contributed by atoms with Gasteiger partial charge in [0.05, 0.1) is 24.4 Å². The summed E-state index contributed by atoms with van der Waals surface area (Å²) in [5, 5.41) is 2.94. The molecule has 0 aliphatic carbocycles. The van der Waals surface area contributed by atoms with Crippen molar-refractivity contribution < 1.29 is 42.2 Å². The maximum atomic E-state index is 15.3. The lowest BCUT2D eigenvalue weighted by Gasteiger charge is -2.41. The second-order valence-corrected chi connectivity index (χ2v) is 23.3. The van der Waals surface area contributed by atoms with Crippen LogP contribution >= 0.6 is 0 Å². The average Bonchev–Trinajstić information content (AvgIpc) is 3.66. The number of benzene rings is 2. The number of likely N-dealkylation sites (tertiary alicyclic amines) is 1. The molecule has 1 fully saturated rings. The number of rotatable bonds is 13. The van der Waals surface area contributed by atoms with Crippen LogP contribution in [-0.4, -0.2) is 96.0 Å². The van der Waals surface area contributed by atoms with E-state index in [4.69, 9.17) is 19.2 Å². The highest BCUT2D eigenvalue weighted by atomic mass is 28.3. The molecule has 2 heterocycles. The van der Waals surface area contributed by atoms with Gasteiger partial charge < -0.3 is 33.9 Å². The Labute approximate surface area is 329 Å². The van der Waals surface area contributed by atoms with Crippen LogP contribution in [-0.2, 0) is 30.3 Å². The van der Waals surface area contributed by atoms with Crippen molar-refractivity contribution in [3.8, 4) is 11.3 Å². The Hall–Kier alpha value is -4.79. The van der Waals surface area contributed by atoms with Crippen molar-refractivity contribution >= 4 is 32.1 Å². The van der Waals surface area contributed by atoms with Crippen LogP contribution in [0.4, 0.5) is 18.4 Å². The number of amides is 3. The molecule has 0 bridgehead atoms. The molecule has 56 heavy (non-hydrogen) atoms. The molecule has 3 aromatic rings. The number of imidazole rings is 1. The summed E-state index contributed by atoms with van der Waals surface area (Å²) >= 11 is 0. The zero-order valence-electron chi connectivity index (χ0n) is 34.3. The van der Waals surface area contributed by atoms with E-state index in [0.717, 1.165) is 29.8 Å². The van der Waals surface area contributed by atoms with Gasteiger partial charge in [0, 0.05) is 58.9 Å². The molecule has 3 amide bonds. The van der Waals surface area contributed by atoms with Gasteiger partial charge in [-0.05, 0) is 56.0 Å². The van der Waals surface area contributed by atoms with Gasteiger partial charge in [0.15, 0.2) is 6.61 Å². The van der Waals surface area contributed by atoms with Crippen molar-refractivity contribution in [2.24, 2.45) is 11.3 Å². The third kappa shape index (κ3) is 12.6. The first-order chi connectivity index (χ1) is 26.0. The summed E-state index contributed by atoms with van der Waals surface area (Å²) in [4.78, 5) is 60.9. The third-order valence-electron chi connectivity index (χ3n) is 9.22. The maximum absolute atomic E-state index is 15.3. The van der Waals surface area contributed by atoms with Gasteiger partial charge in [-0.3, -0.25) is 9.59 Å². The lowest BCUT2D eigenvalue weighted by Crippen LogP contribution is -2.50. The van der Waals surface area contributed by atoms with Gasteiger partial charge in [-0.25, -0.2) is 23.4 Å². The molecule has 15 heteroatoms. The number of hydrogen-bond donors (Lipinski definition) is 1. The van der Waals surface area contributed by atoms with E-state index < -0.39 is 79.4 Å². The molecule has 306 valence electrons. The normalized spacial score (nSPS) is 16.6. The van der Waals surface area contributed by atoms with Gasteiger partial charge >= 0.3 is 18.2 Å². The van der Waals surface area contributed by atoms with Crippen LogP contribution in [0.5, 0.6) is 0 Å². The fourth-order valence-corrected chi connectivity index (χ4v) is 7.28. The van der Waals surface area contributed by atoms with Crippen LogP contribution in [0.25, 0.3) is 11.3 Å². The molecule has 3 unspecified atom stereocenters. The first kappa shape index (κ1) is 43.9. The zero-order valence-corrected chi connectivity index (χ0v) is 35.3. The molecule has 1 aliphatic rings. The Bertz CT molecular complexity index is 1850. The molecule has 1 N–H and O–H groups in total. The van der Waals surface area contributed by atoms with E-state index in [1.807, 2.05) is 55.7 Å². The highest BCUT2D eigenvalue weighted by Gasteiger charge is 2.44. The van der Waals surface area contributed by atoms with Crippen LogP contribution in [0, 0.1) is 23.0 Å². The van der Waals surface area contributed by atoms with Crippen molar-refractivity contribution in [2.45, 2.75) is 98.4 Å². The summed E-state index contributed by atoms with van der Waals surface area (Å²) in [5.74, 6) is -2.70. The predicted octanol–water partition coefficient (Wildman–Crippen LogP) is 7.66. The molecule has 0 saturated carbocycles. The molecule has 0 radical (unpaired) electrons. The fourth-order valence-electron chi connectivity index (χ4n) is 6.56. The van der Waals surface area contributed by atoms with Crippen LogP contribution in [0.3, 0.4) is 0 Å². The third-order valence-corrected chi connectivity index (χ3v) is 10.9. The molecule has 4 rings (SSSR count). The number of esters is 1. The van der Waals surface area contributed by atoms with Crippen LogP contribution in [0.2, 0.25) is 25.7 Å². The molecular formula is C41H57F2N5O7Si. The van der Waals surface area contributed by atoms with Gasteiger partial charge in [-0.2, -0.15) is 0 Å². The van der Waals surface area contributed by atoms with Gasteiger partial charge in [-0.15, -0.1) is 0 Å². The Morgan fingerprint density at radius 2 is 1.66 bits per heavy atom. The average molecular weight is 798 g/mol. The van der Waals surface area contributed by atoms with Crippen molar-refractivity contribution in [1.29, 1.82) is 0 Å². The van der Waals surface area contributed by atoms with Crippen LogP contribution < -0.4 is 5.32 Å². The van der Waals surface area contributed by atoms with Crippen molar-refractivity contribution in [3.05, 3.63) is 77.8 Å². The number of alkyl carbamates (subject to hydrolysis) is 1. The Kier molecular flexibility index (Phi) is 14.1. The standard InChI is InChI=1S/C41H57F2N5O7Si/c1-27(49)54-26-35(50)48(23-29-22-47(39(52)55-41(5,6)7)24-33(29)45-38(51)53-18-19-56(8,9)10)36(40(2,3)4)37-44-34(31-20-30(42)16-17-32(31)43)25-46(37)21-28-14-12-11-13-15-28/h11-17,20,25,29,33,36H,18-19,21-24,26H2,1-10H3,(H,45,51). The minimum absolute atomic E-state index is 0.0248. The minimum Gasteiger partial charge on any atom is -0.456 e. The first-order valence-electron chi connectivity index (χ1n) is 18.9. The lowest BCUT2D eigenvalue weighted by molar-refractivity contribution is -0.153. The van der Waals surface area contributed by atoms with E-state index in [1.165, 1.54) is 11.8 Å². The highest BCUT2D eigenvalue weighted by Crippen LogP contribution is 2.40. The fraction of sp³-hybridized carbons (Fsp3) is 0.537. The van der Waals surface area contributed by atoms with E-state index in [9.17, 15) is 23.6 Å². The van der Waals surface area contributed by atoms with Gasteiger partial charge in [0.25, 0.3) is 5.91 Å². The molecule has 3 atom stereocenters. The monoisotopic (exact) mass is 797 g/mol. The predicted molar refractivity (Wildman–Crippen MR) is 211 cm³/mol. The zero-order chi connectivity index (χ0) is 41.6. The van der Waals surface area contributed by atoms with Crippen molar-refractivity contribution in [2.75, 3.05) is 32.8 Å². The van der Waals surface area contributed by atoms with E-state index in [1.54, 1.807) is 31.9 Å². The number of nitrogens with zero attached hydrogens (tertiary/aromatic N) is 4. The maximum Gasteiger partial charge on any atom is 0.410 e. The van der Waals surface area contributed by atoms with Crippen LogP contribution in [0.1, 0.15) is 65.9 Å². The largest absolute Gasteiger partial charge is 0.456 e. The van der Waals surface area contributed by atoms with Gasteiger partial charge in [0.2, 0.25) is 0 Å². The summed E-state index contributed by atoms with van der Waals surface area (Å²) in [6.45, 7) is 18.9. The smallest absolute Gasteiger partial charge is 0.410 e. The number of ether oxygens (including phenoxy) is 3. The highest BCUT2D eigenvalue weighted by molar-refractivity contribution is 6.76. The second kappa shape index (κ2) is 18.0. The number of halogens is 2. The summed E-state index contributed by atoms with van der Waals surface area (Å²) in [6.07, 6.45) is 0.410. The number of aromatic nitrogens is 2. The Balaban J connectivity index is 1.82. The second-order valence-electron chi connectivity index (χ2n) is 17.7. The van der Waals surface area contributed by atoms with Gasteiger partial charge in [-0.1, -0.05) is 70.7 Å². The summed E-state index contributed by atoms with van der Waals surface area (Å²) in [6, 6.07) is 11.9. The molecule has 1 saturated heterocycles. The van der Waals surface area contributed by atoms with Crippen molar-refractivity contribution in [1.82, 2.24) is 24.7 Å². The van der Waals surface area contributed by atoms with Crippen molar-refractivity contribution in [3.63, 3.8) is 0 Å². The molecule has 1 aliphatic heterocycles. The Morgan fingerprint density at radius 3 is 2.27 bits per heavy atom.